The molecule has 0 saturated heterocycles. The third kappa shape index (κ3) is 4.65. The number of aromatic nitrogens is 1. The van der Waals surface area contributed by atoms with Crippen LogP contribution >= 0.6 is 0 Å². The van der Waals surface area contributed by atoms with Gasteiger partial charge in [0.1, 0.15) is 12.4 Å². The number of hydrogen-bond acceptors (Lipinski definition) is 5. The van der Waals surface area contributed by atoms with Crippen LogP contribution in [0.3, 0.4) is 0 Å². The summed E-state index contributed by atoms with van der Waals surface area (Å²) in [5, 5.41) is 2.92. The van der Waals surface area contributed by atoms with Gasteiger partial charge in [-0.3, -0.25) is 9.78 Å². The number of carbonyl (C=O) groups is 1. The van der Waals surface area contributed by atoms with Crippen molar-refractivity contribution in [2.75, 3.05) is 45.1 Å². The van der Waals surface area contributed by atoms with Crippen molar-refractivity contribution in [2.24, 2.45) is 0 Å². The summed E-state index contributed by atoms with van der Waals surface area (Å²) in [6.07, 6.45) is 2.02. The van der Waals surface area contributed by atoms with Crippen molar-refractivity contribution in [1.29, 1.82) is 0 Å². The number of amides is 1. The number of ether oxygens (including phenoxy) is 1. The molecular weight excluding hydrogens is 388 g/mol. The molecule has 0 unspecified atom stereocenters. The van der Waals surface area contributed by atoms with Crippen molar-refractivity contribution in [2.45, 2.75) is 33.3 Å². The van der Waals surface area contributed by atoms with Crippen LogP contribution in [0.1, 0.15) is 42.8 Å². The molecule has 2 aromatic rings. The van der Waals surface area contributed by atoms with Crippen LogP contribution in [-0.2, 0) is 22.6 Å². The van der Waals surface area contributed by atoms with Crippen LogP contribution in [0.4, 0.5) is 5.69 Å². The van der Waals surface area contributed by atoms with E-state index < -0.39 is 0 Å². The van der Waals surface area contributed by atoms with E-state index in [0.29, 0.717) is 17.9 Å². The van der Waals surface area contributed by atoms with Gasteiger partial charge in [-0.1, -0.05) is 32.0 Å². The molecule has 3 heterocycles. The first-order valence-corrected chi connectivity index (χ1v) is 11.3. The number of pyridine rings is 1. The Labute approximate surface area is 184 Å². The van der Waals surface area contributed by atoms with Crippen LogP contribution in [-0.4, -0.2) is 60.5 Å². The van der Waals surface area contributed by atoms with E-state index in [9.17, 15) is 4.79 Å². The van der Waals surface area contributed by atoms with Gasteiger partial charge in [-0.05, 0) is 57.7 Å². The number of para-hydroxylation sites is 1. The van der Waals surface area contributed by atoms with Gasteiger partial charge in [-0.15, -0.1) is 0 Å². The molecule has 164 valence electrons. The van der Waals surface area contributed by atoms with E-state index in [1.807, 2.05) is 24.3 Å². The number of carbonyl (C=O) groups excluding carboxylic acids is 1. The van der Waals surface area contributed by atoms with Crippen molar-refractivity contribution in [3.8, 4) is 0 Å². The molecule has 6 heteroatoms. The van der Waals surface area contributed by atoms with Gasteiger partial charge in [0.15, 0.2) is 0 Å². The molecule has 0 fully saturated rings. The van der Waals surface area contributed by atoms with Gasteiger partial charge < -0.3 is 19.9 Å². The second kappa shape index (κ2) is 9.62. The Kier molecular flexibility index (Phi) is 6.68. The first-order chi connectivity index (χ1) is 15.1. The second-order valence-electron chi connectivity index (χ2n) is 8.22. The average molecular weight is 421 g/mol. The van der Waals surface area contributed by atoms with Gasteiger partial charge in [-0.2, -0.15) is 0 Å². The van der Waals surface area contributed by atoms with Crippen molar-refractivity contribution in [3.05, 3.63) is 58.9 Å². The highest BCUT2D eigenvalue weighted by Crippen LogP contribution is 2.40. The predicted molar refractivity (Wildman–Crippen MR) is 125 cm³/mol. The number of hydrogen-bond donors (Lipinski definition) is 1. The second-order valence-corrected chi connectivity index (χ2v) is 8.22. The molecule has 0 saturated carbocycles. The molecule has 0 spiro atoms. The Morgan fingerprint density at radius 1 is 1.03 bits per heavy atom. The zero-order valence-electron chi connectivity index (χ0n) is 18.8. The smallest absolute Gasteiger partial charge is 0.260 e. The quantitative estimate of drug-likeness (QED) is 0.628. The predicted octanol–water partition coefficient (Wildman–Crippen LogP) is 3.64. The Balaban J connectivity index is 1.39. The van der Waals surface area contributed by atoms with E-state index in [1.165, 1.54) is 0 Å². The molecule has 1 amide bonds. The van der Waals surface area contributed by atoms with Gasteiger partial charge in [0, 0.05) is 35.6 Å². The summed E-state index contributed by atoms with van der Waals surface area (Å²) >= 11 is 0. The van der Waals surface area contributed by atoms with Gasteiger partial charge >= 0.3 is 0 Å². The standard InChI is InChI=1S/C25H32N4O2/c1-4-29(5-2)16-15-28(3)14-8-9-18-12-13-20-22(26-18)17-31-24(20)23-19-10-6-7-11-21(19)27-25(23)30/h6-7,10-13H,4-5,8-9,14-17H2,1-3H3,(H,27,30)/b24-23+. The molecule has 1 N–H and O–H groups in total. The molecule has 1 aromatic carbocycles. The minimum absolute atomic E-state index is 0.110. The normalized spacial score (nSPS) is 17.1. The topological polar surface area (TPSA) is 57.7 Å². The summed E-state index contributed by atoms with van der Waals surface area (Å²) in [4.78, 5) is 22.2. The molecule has 0 bridgehead atoms. The number of anilines is 1. The maximum Gasteiger partial charge on any atom is 0.260 e. The third-order valence-electron chi connectivity index (χ3n) is 6.19. The molecular formula is C25H32N4O2. The van der Waals surface area contributed by atoms with E-state index >= 15 is 0 Å². The average Bonchev–Trinajstić information content (AvgIpc) is 3.33. The van der Waals surface area contributed by atoms with E-state index in [0.717, 1.165) is 73.8 Å². The largest absolute Gasteiger partial charge is 0.486 e. The van der Waals surface area contributed by atoms with Crippen molar-refractivity contribution in [1.82, 2.24) is 14.8 Å². The Hall–Kier alpha value is -2.70. The number of nitrogens with one attached hydrogen (secondary N) is 1. The van der Waals surface area contributed by atoms with Gasteiger partial charge in [0.05, 0.1) is 11.3 Å². The molecule has 4 rings (SSSR count). The fourth-order valence-electron chi connectivity index (χ4n) is 4.26. The molecule has 31 heavy (non-hydrogen) atoms. The summed E-state index contributed by atoms with van der Waals surface area (Å²) in [5.41, 5.74) is 5.28. The van der Waals surface area contributed by atoms with Gasteiger partial charge in [-0.25, -0.2) is 0 Å². The summed E-state index contributed by atoms with van der Waals surface area (Å²) in [6, 6.07) is 11.9. The van der Waals surface area contributed by atoms with E-state index in [4.69, 9.17) is 9.72 Å². The summed E-state index contributed by atoms with van der Waals surface area (Å²) < 4.78 is 5.95. The zero-order chi connectivity index (χ0) is 21.8. The van der Waals surface area contributed by atoms with Gasteiger partial charge in [0.2, 0.25) is 0 Å². The summed E-state index contributed by atoms with van der Waals surface area (Å²) in [7, 11) is 2.19. The fraction of sp³-hybridized carbons (Fsp3) is 0.440. The number of fused-ring (bicyclic) bond motifs is 2. The Morgan fingerprint density at radius 2 is 1.84 bits per heavy atom. The molecule has 0 radical (unpaired) electrons. The lowest BCUT2D eigenvalue weighted by molar-refractivity contribution is -0.110. The molecule has 0 atom stereocenters. The monoisotopic (exact) mass is 420 g/mol. The van der Waals surface area contributed by atoms with Crippen LogP contribution < -0.4 is 5.32 Å². The lowest BCUT2D eigenvalue weighted by atomic mass is 10.0. The first kappa shape index (κ1) is 21.5. The molecule has 0 aliphatic carbocycles. The molecule has 6 nitrogen and oxygen atoms in total. The highest BCUT2D eigenvalue weighted by atomic mass is 16.5. The number of benzene rings is 1. The molecule has 2 aliphatic rings. The van der Waals surface area contributed by atoms with Crippen LogP contribution in [0.25, 0.3) is 11.3 Å². The highest BCUT2D eigenvalue weighted by molar-refractivity contribution is 6.36. The summed E-state index contributed by atoms with van der Waals surface area (Å²) in [6.45, 7) is 10.3. The number of rotatable bonds is 9. The van der Waals surface area contributed by atoms with E-state index in [-0.39, 0.29) is 5.91 Å². The lowest BCUT2D eigenvalue weighted by Gasteiger charge is -2.22. The third-order valence-corrected chi connectivity index (χ3v) is 6.19. The van der Waals surface area contributed by atoms with Gasteiger partial charge in [0.25, 0.3) is 5.91 Å². The Bertz CT molecular complexity index is 981. The first-order valence-electron chi connectivity index (χ1n) is 11.3. The lowest BCUT2D eigenvalue weighted by Crippen LogP contribution is -2.33. The number of nitrogens with zero attached hydrogens (tertiary/aromatic N) is 3. The molecule has 2 aliphatic heterocycles. The van der Waals surface area contributed by atoms with Crippen LogP contribution in [0.15, 0.2) is 36.4 Å². The number of likely N-dealkylation sites (N-methyl/N-ethyl adjacent to an activating group) is 2. The maximum atomic E-state index is 12.6. The van der Waals surface area contributed by atoms with Crippen molar-refractivity contribution >= 4 is 22.9 Å². The summed E-state index contributed by atoms with van der Waals surface area (Å²) in [5.74, 6) is 0.536. The van der Waals surface area contributed by atoms with Crippen LogP contribution in [0.2, 0.25) is 0 Å². The fourth-order valence-corrected chi connectivity index (χ4v) is 4.26. The highest BCUT2D eigenvalue weighted by Gasteiger charge is 2.32. The van der Waals surface area contributed by atoms with Crippen LogP contribution in [0, 0.1) is 0 Å². The van der Waals surface area contributed by atoms with Crippen LogP contribution in [0.5, 0.6) is 0 Å². The van der Waals surface area contributed by atoms with E-state index in [2.05, 4.69) is 48.1 Å². The minimum Gasteiger partial charge on any atom is -0.486 e. The maximum absolute atomic E-state index is 12.6. The number of aryl methyl sites for hydroxylation is 1. The van der Waals surface area contributed by atoms with Crippen molar-refractivity contribution in [3.63, 3.8) is 0 Å². The Morgan fingerprint density at radius 3 is 2.65 bits per heavy atom. The van der Waals surface area contributed by atoms with E-state index in [1.54, 1.807) is 0 Å². The SMILES string of the molecule is CCN(CC)CCN(C)CCCc1ccc2c(n1)CO/C2=C1/C(=O)Nc2ccccc21. The zero-order valence-corrected chi connectivity index (χ0v) is 18.8. The minimum atomic E-state index is -0.110. The molecule has 1 aromatic heterocycles. The van der Waals surface area contributed by atoms with Crippen molar-refractivity contribution < 1.29 is 9.53 Å².